The van der Waals surface area contributed by atoms with Crippen LogP contribution in [0.25, 0.3) is 0 Å². The minimum absolute atomic E-state index is 0.528. The molecule has 0 aliphatic carbocycles. The zero-order valence-corrected chi connectivity index (χ0v) is 9.80. The van der Waals surface area contributed by atoms with Crippen LogP contribution < -0.4 is 11.1 Å². The summed E-state index contributed by atoms with van der Waals surface area (Å²) in [7, 11) is 0. The molecule has 1 aromatic heterocycles. The maximum atomic E-state index is 8.71. The molecule has 0 aliphatic rings. The molecule has 0 radical (unpaired) electrons. The topological polar surface area (TPSA) is 87.6 Å². The molecule has 0 aliphatic heterocycles. The number of nitrogens with two attached hydrogens (primary N) is 1. The molecule has 1 heterocycles. The lowest BCUT2D eigenvalue weighted by Crippen LogP contribution is -2.07. The summed E-state index contributed by atoms with van der Waals surface area (Å²) in [6.45, 7) is 0.528. The Labute approximate surface area is 105 Å². The van der Waals surface area contributed by atoms with Gasteiger partial charge in [-0.1, -0.05) is 0 Å². The summed E-state index contributed by atoms with van der Waals surface area (Å²) in [5.74, 6) is 1.44. The summed E-state index contributed by atoms with van der Waals surface area (Å²) in [5, 5.41) is 11.9. The number of benzene rings is 1. The van der Waals surface area contributed by atoms with Gasteiger partial charge in [-0.25, -0.2) is 9.97 Å². The fourth-order valence-electron chi connectivity index (χ4n) is 1.49. The smallest absolute Gasteiger partial charge is 0.134 e. The zero-order valence-electron chi connectivity index (χ0n) is 9.80. The molecule has 2 aromatic rings. The van der Waals surface area contributed by atoms with Crippen LogP contribution in [0.1, 0.15) is 11.4 Å². The fraction of sp³-hybridized carbons (Fsp3) is 0.154. The summed E-state index contributed by atoms with van der Waals surface area (Å²) in [4.78, 5) is 8.46. The predicted octanol–water partition coefficient (Wildman–Crippen LogP) is 1.59. The third kappa shape index (κ3) is 3.03. The molecule has 0 unspecified atom stereocenters. The van der Waals surface area contributed by atoms with Crippen molar-refractivity contribution in [1.29, 1.82) is 5.26 Å². The van der Waals surface area contributed by atoms with Crippen LogP contribution in [0, 0.1) is 11.3 Å². The lowest BCUT2D eigenvalue weighted by Gasteiger charge is -2.06. The summed E-state index contributed by atoms with van der Waals surface area (Å²) in [6, 6.07) is 11.0. The number of hydrogen-bond acceptors (Lipinski definition) is 5. The van der Waals surface area contributed by atoms with Gasteiger partial charge in [-0.05, 0) is 36.9 Å². The van der Waals surface area contributed by atoms with E-state index in [4.69, 9.17) is 11.0 Å². The lowest BCUT2D eigenvalue weighted by atomic mass is 10.2. The fourth-order valence-corrected chi connectivity index (χ4v) is 1.49. The number of rotatable bonds is 4. The molecule has 5 nitrogen and oxygen atoms in total. The van der Waals surface area contributed by atoms with Crippen LogP contribution in [-0.4, -0.2) is 16.5 Å². The molecular weight excluding hydrogens is 226 g/mol. The molecule has 0 saturated heterocycles. The highest BCUT2D eigenvalue weighted by Gasteiger charge is 1.99. The monoisotopic (exact) mass is 239 g/mol. The van der Waals surface area contributed by atoms with Gasteiger partial charge in [-0.3, -0.25) is 0 Å². The highest BCUT2D eigenvalue weighted by molar-refractivity contribution is 5.56. The van der Waals surface area contributed by atoms with E-state index in [1.807, 2.05) is 12.1 Å². The SMILES string of the molecule is N#Cc1ccc(Nc2ccnc(CCN)n2)cc1. The van der Waals surface area contributed by atoms with Gasteiger partial charge >= 0.3 is 0 Å². The first-order valence-electron chi connectivity index (χ1n) is 5.61. The average Bonchev–Trinajstić information content (AvgIpc) is 2.40. The highest BCUT2D eigenvalue weighted by atomic mass is 15.0. The van der Waals surface area contributed by atoms with Crippen molar-refractivity contribution < 1.29 is 0 Å². The van der Waals surface area contributed by atoms with Gasteiger partial charge in [0.05, 0.1) is 11.6 Å². The third-order valence-electron chi connectivity index (χ3n) is 2.36. The Morgan fingerprint density at radius 1 is 1.22 bits per heavy atom. The molecule has 1 aromatic carbocycles. The summed E-state index contributed by atoms with van der Waals surface area (Å²) >= 11 is 0. The lowest BCUT2D eigenvalue weighted by molar-refractivity contribution is 0.870. The van der Waals surface area contributed by atoms with Crippen molar-refractivity contribution in [3.63, 3.8) is 0 Å². The van der Waals surface area contributed by atoms with E-state index < -0.39 is 0 Å². The summed E-state index contributed by atoms with van der Waals surface area (Å²) in [6.07, 6.45) is 2.35. The van der Waals surface area contributed by atoms with E-state index in [9.17, 15) is 0 Å². The Balaban J connectivity index is 2.12. The second-order valence-electron chi connectivity index (χ2n) is 3.71. The Morgan fingerprint density at radius 3 is 2.67 bits per heavy atom. The first-order valence-corrected chi connectivity index (χ1v) is 5.61. The van der Waals surface area contributed by atoms with Gasteiger partial charge in [0.15, 0.2) is 0 Å². The largest absolute Gasteiger partial charge is 0.340 e. The van der Waals surface area contributed by atoms with Gasteiger partial charge in [0.1, 0.15) is 11.6 Å². The standard InChI is InChI=1S/C13H13N5/c14-7-5-12-16-8-6-13(18-12)17-11-3-1-10(9-15)2-4-11/h1-4,6,8H,5,7,14H2,(H,16,17,18). The van der Waals surface area contributed by atoms with Gasteiger partial charge in [0.2, 0.25) is 0 Å². The molecule has 0 atom stereocenters. The van der Waals surface area contributed by atoms with E-state index in [0.29, 0.717) is 18.5 Å². The van der Waals surface area contributed by atoms with E-state index in [2.05, 4.69) is 21.4 Å². The molecular formula is C13H13N5. The van der Waals surface area contributed by atoms with Gasteiger partial charge in [-0.15, -0.1) is 0 Å². The molecule has 3 N–H and O–H groups in total. The van der Waals surface area contributed by atoms with Gasteiger partial charge in [-0.2, -0.15) is 5.26 Å². The first kappa shape index (κ1) is 12.0. The second kappa shape index (κ2) is 5.75. The number of nitriles is 1. The number of aromatic nitrogens is 2. The Kier molecular flexibility index (Phi) is 3.84. The van der Waals surface area contributed by atoms with E-state index >= 15 is 0 Å². The summed E-state index contributed by atoms with van der Waals surface area (Å²) in [5.41, 5.74) is 6.98. The van der Waals surface area contributed by atoms with Crippen molar-refractivity contribution in [3.8, 4) is 6.07 Å². The minimum Gasteiger partial charge on any atom is -0.340 e. The maximum Gasteiger partial charge on any atom is 0.134 e. The normalized spacial score (nSPS) is 9.78. The molecule has 0 saturated carbocycles. The first-order chi connectivity index (χ1) is 8.81. The van der Waals surface area contributed by atoms with Crippen LogP contribution in [0.15, 0.2) is 36.5 Å². The van der Waals surface area contributed by atoms with Crippen molar-refractivity contribution in [2.24, 2.45) is 5.73 Å². The number of nitrogens with zero attached hydrogens (tertiary/aromatic N) is 3. The quantitative estimate of drug-likeness (QED) is 0.846. The number of hydrogen-bond donors (Lipinski definition) is 2. The van der Waals surface area contributed by atoms with E-state index in [-0.39, 0.29) is 0 Å². The van der Waals surface area contributed by atoms with Crippen LogP contribution in [0.3, 0.4) is 0 Å². The van der Waals surface area contributed by atoms with Crippen molar-refractivity contribution in [1.82, 2.24) is 9.97 Å². The predicted molar refractivity (Wildman–Crippen MR) is 69.2 cm³/mol. The second-order valence-corrected chi connectivity index (χ2v) is 3.71. The van der Waals surface area contributed by atoms with Crippen LogP contribution in [0.2, 0.25) is 0 Å². The molecule has 18 heavy (non-hydrogen) atoms. The maximum absolute atomic E-state index is 8.71. The molecule has 5 heteroatoms. The minimum atomic E-state index is 0.528. The molecule has 0 amide bonds. The molecule has 0 fully saturated rings. The average molecular weight is 239 g/mol. The van der Waals surface area contributed by atoms with Crippen molar-refractivity contribution in [2.75, 3.05) is 11.9 Å². The van der Waals surface area contributed by atoms with Crippen molar-refractivity contribution >= 4 is 11.5 Å². The van der Waals surface area contributed by atoms with E-state index in [0.717, 1.165) is 17.3 Å². The highest BCUT2D eigenvalue weighted by Crippen LogP contribution is 2.14. The van der Waals surface area contributed by atoms with Crippen molar-refractivity contribution in [3.05, 3.63) is 47.9 Å². The van der Waals surface area contributed by atoms with Gasteiger partial charge in [0.25, 0.3) is 0 Å². The molecule has 0 spiro atoms. The van der Waals surface area contributed by atoms with E-state index in [1.165, 1.54) is 0 Å². The Hall–Kier alpha value is -2.45. The Bertz CT molecular complexity index is 556. The van der Waals surface area contributed by atoms with Gasteiger partial charge < -0.3 is 11.1 Å². The molecule has 90 valence electrons. The number of anilines is 2. The summed E-state index contributed by atoms with van der Waals surface area (Å²) < 4.78 is 0. The van der Waals surface area contributed by atoms with Crippen LogP contribution in [0.5, 0.6) is 0 Å². The van der Waals surface area contributed by atoms with Gasteiger partial charge in [0, 0.05) is 18.3 Å². The van der Waals surface area contributed by atoms with Crippen molar-refractivity contribution in [2.45, 2.75) is 6.42 Å². The molecule has 0 bridgehead atoms. The van der Waals surface area contributed by atoms with Crippen LogP contribution in [-0.2, 0) is 6.42 Å². The van der Waals surface area contributed by atoms with E-state index in [1.54, 1.807) is 24.4 Å². The van der Waals surface area contributed by atoms with Crippen LogP contribution in [0.4, 0.5) is 11.5 Å². The van der Waals surface area contributed by atoms with Crippen LogP contribution >= 0.6 is 0 Å². The Morgan fingerprint density at radius 2 is 2.00 bits per heavy atom. The third-order valence-corrected chi connectivity index (χ3v) is 2.36. The molecule has 2 rings (SSSR count). The number of nitrogens with one attached hydrogen (secondary N) is 1. The zero-order chi connectivity index (χ0) is 12.8.